The zero-order valence-corrected chi connectivity index (χ0v) is 17.2. The number of benzene rings is 1. The third kappa shape index (κ3) is 3.52. The van der Waals surface area contributed by atoms with E-state index in [4.69, 9.17) is 23.2 Å². The first kappa shape index (κ1) is 19.0. The second-order valence-electron chi connectivity index (χ2n) is 7.36. The summed E-state index contributed by atoms with van der Waals surface area (Å²) in [6.07, 6.45) is 8.41. The highest BCUT2D eigenvalue weighted by atomic mass is 35.5. The fraction of sp³-hybridized carbons (Fsp3) is 0.286. The van der Waals surface area contributed by atoms with Gasteiger partial charge in [0.2, 0.25) is 0 Å². The molecule has 0 saturated heterocycles. The molecule has 7 heteroatoms. The summed E-state index contributed by atoms with van der Waals surface area (Å²) >= 11 is 12.2. The third-order valence-corrected chi connectivity index (χ3v) is 5.30. The van der Waals surface area contributed by atoms with Crippen LogP contribution in [0.1, 0.15) is 31.7 Å². The molecule has 0 fully saturated rings. The lowest BCUT2D eigenvalue weighted by molar-refractivity contribution is 0.469. The molecule has 1 unspecified atom stereocenters. The standard InChI is InChI=1S/C21H20Cl2N4O/c1-13(2)12-26-21(28)27-20(25-26)19(15-5-9-17(23)10-6-15)18(11-24-27)14-3-7-16(22)8-4-14/h3-5,7-11,13,15H,6,12H2,1-2H3. The summed E-state index contributed by atoms with van der Waals surface area (Å²) in [6, 6.07) is 7.61. The van der Waals surface area contributed by atoms with Crippen LogP contribution in [0, 0.1) is 5.92 Å². The van der Waals surface area contributed by atoms with Crippen molar-refractivity contribution in [3.05, 3.63) is 74.8 Å². The smallest absolute Gasteiger partial charge is 0.244 e. The van der Waals surface area contributed by atoms with Gasteiger partial charge >= 0.3 is 5.69 Å². The van der Waals surface area contributed by atoms with E-state index in [1.54, 1.807) is 6.20 Å². The van der Waals surface area contributed by atoms with E-state index in [-0.39, 0.29) is 11.6 Å². The molecule has 144 valence electrons. The summed E-state index contributed by atoms with van der Waals surface area (Å²) in [6.45, 7) is 4.66. The first-order valence-corrected chi connectivity index (χ1v) is 9.98. The van der Waals surface area contributed by atoms with Gasteiger partial charge in [-0.15, -0.1) is 5.10 Å². The number of nitrogens with zero attached hydrogens (tertiary/aromatic N) is 4. The maximum atomic E-state index is 12.8. The van der Waals surface area contributed by atoms with Gasteiger partial charge in [-0.05, 0) is 36.1 Å². The van der Waals surface area contributed by atoms with Crippen molar-refractivity contribution in [1.29, 1.82) is 0 Å². The highest BCUT2D eigenvalue weighted by Crippen LogP contribution is 2.36. The molecule has 0 N–H and O–H groups in total. The Kier molecular flexibility index (Phi) is 5.13. The number of allylic oxidation sites excluding steroid dienone is 4. The SMILES string of the molecule is CC(C)Cn1nc2c(C3C=CC(Cl)=CC3)c(-c3ccc(Cl)cc3)cnn2c1=O. The van der Waals surface area contributed by atoms with Crippen LogP contribution in [0.15, 0.2) is 58.5 Å². The predicted molar refractivity (Wildman–Crippen MR) is 113 cm³/mol. The number of fused-ring (bicyclic) bond motifs is 1. The summed E-state index contributed by atoms with van der Waals surface area (Å²) in [5.74, 6) is 0.353. The van der Waals surface area contributed by atoms with Crippen LogP contribution in [0.2, 0.25) is 5.02 Å². The molecular weight excluding hydrogens is 395 g/mol. The molecule has 3 aromatic rings. The van der Waals surface area contributed by atoms with E-state index in [9.17, 15) is 4.79 Å². The lowest BCUT2D eigenvalue weighted by atomic mass is 9.88. The van der Waals surface area contributed by atoms with Crippen LogP contribution in [0.3, 0.4) is 0 Å². The summed E-state index contributed by atoms with van der Waals surface area (Å²) in [4.78, 5) is 12.8. The number of hydrogen-bond donors (Lipinski definition) is 0. The van der Waals surface area contributed by atoms with Gasteiger partial charge in [0.25, 0.3) is 0 Å². The Morgan fingerprint density at radius 2 is 1.96 bits per heavy atom. The Balaban J connectivity index is 1.96. The van der Waals surface area contributed by atoms with E-state index in [2.05, 4.69) is 30.1 Å². The summed E-state index contributed by atoms with van der Waals surface area (Å²) in [5, 5.41) is 10.4. The largest absolute Gasteiger partial charge is 0.367 e. The molecule has 0 spiro atoms. The normalized spacial score (nSPS) is 16.8. The average Bonchev–Trinajstić information content (AvgIpc) is 2.98. The van der Waals surface area contributed by atoms with Crippen LogP contribution in [-0.4, -0.2) is 19.4 Å². The molecule has 1 aliphatic carbocycles. The Labute approximate surface area is 172 Å². The van der Waals surface area contributed by atoms with Crippen LogP contribution in [0.5, 0.6) is 0 Å². The molecule has 0 bridgehead atoms. The predicted octanol–water partition coefficient (Wildman–Crippen LogP) is 5.03. The molecule has 1 aromatic carbocycles. The minimum absolute atomic E-state index is 0.0491. The van der Waals surface area contributed by atoms with E-state index < -0.39 is 0 Å². The van der Waals surface area contributed by atoms with Crippen molar-refractivity contribution in [2.75, 3.05) is 0 Å². The highest BCUT2D eigenvalue weighted by Gasteiger charge is 2.23. The Morgan fingerprint density at radius 1 is 1.21 bits per heavy atom. The molecule has 0 amide bonds. The van der Waals surface area contributed by atoms with Gasteiger partial charge in [0, 0.05) is 33.6 Å². The quantitative estimate of drug-likeness (QED) is 0.600. The zero-order chi connectivity index (χ0) is 19.8. The topological polar surface area (TPSA) is 52.2 Å². The lowest BCUT2D eigenvalue weighted by Gasteiger charge is -2.18. The maximum Gasteiger partial charge on any atom is 0.367 e. The first-order chi connectivity index (χ1) is 13.4. The molecular formula is C21H20Cl2N4O. The second-order valence-corrected chi connectivity index (χ2v) is 8.24. The second kappa shape index (κ2) is 7.57. The Morgan fingerprint density at radius 3 is 2.61 bits per heavy atom. The van der Waals surface area contributed by atoms with Crippen molar-refractivity contribution in [3.8, 4) is 11.1 Å². The molecule has 28 heavy (non-hydrogen) atoms. The highest BCUT2D eigenvalue weighted by molar-refractivity contribution is 6.31. The Hall–Kier alpha value is -2.37. The summed E-state index contributed by atoms with van der Waals surface area (Å²) in [5.41, 5.74) is 3.25. The van der Waals surface area contributed by atoms with Gasteiger partial charge in [-0.1, -0.05) is 61.3 Å². The molecule has 1 aliphatic rings. The van der Waals surface area contributed by atoms with Gasteiger partial charge in [-0.2, -0.15) is 9.61 Å². The fourth-order valence-electron chi connectivity index (χ4n) is 3.48. The van der Waals surface area contributed by atoms with Crippen molar-refractivity contribution in [2.24, 2.45) is 5.92 Å². The van der Waals surface area contributed by atoms with Gasteiger partial charge in [0.1, 0.15) is 0 Å². The lowest BCUT2D eigenvalue weighted by Crippen LogP contribution is -2.24. The first-order valence-electron chi connectivity index (χ1n) is 9.22. The van der Waals surface area contributed by atoms with Crippen LogP contribution in [-0.2, 0) is 6.54 Å². The molecule has 2 heterocycles. The van der Waals surface area contributed by atoms with Crippen molar-refractivity contribution in [3.63, 3.8) is 0 Å². The van der Waals surface area contributed by atoms with Gasteiger partial charge in [0.15, 0.2) is 5.65 Å². The van der Waals surface area contributed by atoms with E-state index in [1.807, 2.05) is 36.4 Å². The molecule has 0 aliphatic heterocycles. The maximum absolute atomic E-state index is 12.8. The van der Waals surface area contributed by atoms with Crippen molar-refractivity contribution >= 4 is 28.8 Å². The molecule has 4 rings (SSSR count). The monoisotopic (exact) mass is 414 g/mol. The summed E-state index contributed by atoms with van der Waals surface area (Å²) < 4.78 is 2.89. The van der Waals surface area contributed by atoms with Crippen molar-refractivity contribution < 1.29 is 0 Å². The van der Waals surface area contributed by atoms with E-state index >= 15 is 0 Å². The minimum Gasteiger partial charge on any atom is -0.244 e. The molecule has 2 aromatic heterocycles. The number of hydrogen-bond acceptors (Lipinski definition) is 3. The van der Waals surface area contributed by atoms with E-state index in [0.717, 1.165) is 28.1 Å². The van der Waals surface area contributed by atoms with E-state index in [1.165, 1.54) is 9.20 Å². The van der Waals surface area contributed by atoms with Gasteiger partial charge < -0.3 is 0 Å². The zero-order valence-electron chi connectivity index (χ0n) is 15.6. The molecule has 0 saturated carbocycles. The molecule has 1 atom stereocenters. The number of aromatic nitrogens is 4. The number of halogens is 2. The van der Waals surface area contributed by atoms with Crippen molar-refractivity contribution in [1.82, 2.24) is 19.4 Å². The molecule has 0 radical (unpaired) electrons. The third-order valence-electron chi connectivity index (χ3n) is 4.77. The summed E-state index contributed by atoms with van der Waals surface area (Å²) in [7, 11) is 0. The minimum atomic E-state index is -0.221. The van der Waals surface area contributed by atoms with Gasteiger partial charge in [-0.25, -0.2) is 9.48 Å². The molecule has 5 nitrogen and oxygen atoms in total. The number of rotatable bonds is 4. The van der Waals surface area contributed by atoms with Crippen LogP contribution >= 0.6 is 23.2 Å². The van der Waals surface area contributed by atoms with Gasteiger partial charge in [0.05, 0.1) is 6.20 Å². The van der Waals surface area contributed by atoms with E-state index in [0.29, 0.717) is 23.1 Å². The Bertz CT molecular complexity index is 1140. The fourth-order valence-corrected chi connectivity index (χ4v) is 3.76. The van der Waals surface area contributed by atoms with Crippen molar-refractivity contribution in [2.45, 2.75) is 32.7 Å². The van der Waals surface area contributed by atoms with Crippen LogP contribution in [0.25, 0.3) is 16.8 Å². The van der Waals surface area contributed by atoms with Gasteiger partial charge in [-0.3, -0.25) is 0 Å². The van der Waals surface area contributed by atoms with Crippen LogP contribution in [0.4, 0.5) is 0 Å². The average molecular weight is 415 g/mol. The van der Waals surface area contributed by atoms with Crippen LogP contribution < -0.4 is 5.69 Å².